The van der Waals surface area contributed by atoms with Crippen molar-refractivity contribution in [1.82, 2.24) is 0 Å². The lowest BCUT2D eigenvalue weighted by Crippen LogP contribution is -1.98. The van der Waals surface area contributed by atoms with Crippen LogP contribution in [0.15, 0.2) is 39.3 Å². The molecule has 0 aliphatic heterocycles. The molecule has 4 heteroatoms. The first-order valence-corrected chi connectivity index (χ1v) is 8.63. The molecule has 0 fully saturated rings. The average Bonchev–Trinajstić information content (AvgIpc) is 2.33. The van der Waals surface area contributed by atoms with Crippen LogP contribution in [0.1, 0.15) is 27.1 Å². The van der Waals surface area contributed by atoms with Crippen molar-refractivity contribution in [3.63, 3.8) is 0 Å². The summed E-state index contributed by atoms with van der Waals surface area (Å²) < 4.78 is 2.13. The third kappa shape index (κ3) is 3.44. The molecule has 0 N–H and O–H groups in total. The van der Waals surface area contributed by atoms with Crippen molar-refractivity contribution in [1.29, 1.82) is 0 Å². The molecule has 0 radical (unpaired) electrons. The first kappa shape index (κ1) is 15.6. The van der Waals surface area contributed by atoms with Crippen molar-refractivity contribution >= 4 is 59.4 Å². The molecule has 1 atom stereocenters. The number of alkyl halides is 1. The fourth-order valence-electron chi connectivity index (χ4n) is 1.95. The van der Waals surface area contributed by atoms with Crippen LogP contribution in [0.2, 0.25) is 5.02 Å². The van der Waals surface area contributed by atoms with Crippen LogP contribution < -0.4 is 0 Å². The highest BCUT2D eigenvalue weighted by Gasteiger charge is 2.17. The zero-order valence-electron chi connectivity index (χ0n) is 10.5. The quantitative estimate of drug-likeness (QED) is 0.419. The Bertz CT molecular complexity index is 623. The lowest BCUT2D eigenvalue weighted by Gasteiger charge is -2.17. The van der Waals surface area contributed by atoms with E-state index in [0.717, 1.165) is 19.5 Å². The molecule has 2 rings (SSSR count). The number of benzene rings is 2. The highest BCUT2D eigenvalue weighted by molar-refractivity contribution is 9.10. The highest BCUT2D eigenvalue weighted by Crippen LogP contribution is 2.39. The van der Waals surface area contributed by atoms with Gasteiger partial charge in [0, 0.05) is 14.0 Å². The van der Waals surface area contributed by atoms with Crippen molar-refractivity contribution in [2.75, 3.05) is 0 Å². The maximum Gasteiger partial charge on any atom is 0.0661 e. The summed E-state index contributed by atoms with van der Waals surface area (Å²) in [6.07, 6.45) is 0. The lowest BCUT2D eigenvalue weighted by molar-refractivity contribution is 1.13. The standard InChI is InChI=1S/C15H12Br3Cl/c1-8-6-13(17)9(2)5-12(8)15(18)11-4-3-10(16)7-14(11)19/h3-7,15H,1-2H3. The molecular formula is C15H12Br3Cl. The Labute approximate surface area is 143 Å². The van der Waals surface area contributed by atoms with E-state index in [1.165, 1.54) is 16.7 Å². The molecule has 0 heterocycles. The van der Waals surface area contributed by atoms with Gasteiger partial charge < -0.3 is 0 Å². The highest BCUT2D eigenvalue weighted by atomic mass is 79.9. The summed E-state index contributed by atoms with van der Waals surface area (Å²) in [7, 11) is 0. The van der Waals surface area contributed by atoms with Crippen molar-refractivity contribution in [3.05, 3.63) is 66.6 Å². The van der Waals surface area contributed by atoms with Gasteiger partial charge in [-0.3, -0.25) is 0 Å². The van der Waals surface area contributed by atoms with Gasteiger partial charge in [-0.25, -0.2) is 0 Å². The van der Waals surface area contributed by atoms with E-state index in [1.54, 1.807) is 0 Å². The van der Waals surface area contributed by atoms with Gasteiger partial charge in [-0.05, 0) is 54.3 Å². The molecule has 2 aromatic rings. The molecule has 0 saturated carbocycles. The van der Waals surface area contributed by atoms with Crippen molar-refractivity contribution in [3.8, 4) is 0 Å². The van der Waals surface area contributed by atoms with Gasteiger partial charge in [0.05, 0.1) is 4.83 Å². The minimum absolute atomic E-state index is 0.0971. The molecule has 0 aromatic heterocycles. The van der Waals surface area contributed by atoms with Gasteiger partial charge in [0.2, 0.25) is 0 Å². The zero-order chi connectivity index (χ0) is 14.2. The summed E-state index contributed by atoms with van der Waals surface area (Å²) in [4.78, 5) is 0.0971. The maximum absolute atomic E-state index is 6.33. The second-order valence-electron chi connectivity index (χ2n) is 4.49. The monoisotopic (exact) mass is 464 g/mol. The number of rotatable bonds is 2. The number of halogens is 4. The Hall–Kier alpha value is 0.170. The van der Waals surface area contributed by atoms with Crippen LogP contribution in [0.25, 0.3) is 0 Å². The first-order chi connectivity index (χ1) is 8.90. The summed E-state index contributed by atoms with van der Waals surface area (Å²) in [6, 6.07) is 10.3. The minimum atomic E-state index is 0.0971. The normalized spacial score (nSPS) is 12.5. The fourth-order valence-corrected chi connectivity index (χ4v) is 4.22. The van der Waals surface area contributed by atoms with Gasteiger partial charge in [-0.15, -0.1) is 0 Å². The second-order valence-corrected chi connectivity index (χ2v) is 7.58. The van der Waals surface area contributed by atoms with E-state index in [-0.39, 0.29) is 4.83 Å². The lowest BCUT2D eigenvalue weighted by atomic mass is 9.98. The zero-order valence-corrected chi connectivity index (χ0v) is 16.0. The largest absolute Gasteiger partial charge is 0.0839 e. The topological polar surface area (TPSA) is 0 Å². The SMILES string of the molecule is Cc1cc(C(Br)c2ccc(Br)cc2Cl)c(C)cc1Br. The van der Waals surface area contributed by atoms with E-state index in [2.05, 4.69) is 73.8 Å². The molecule has 0 nitrogen and oxygen atoms in total. The van der Waals surface area contributed by atoms with Crippen molar-refractivity contribution in [2.24, 2.45) is 0 Å². The molecule has 0 spiro atoms. The van der Waals surface area contributed by atoms with Crippen molar-refractivity contribution in [2.45, 2.75) is 18.7 Å². The smallest absolute Gasteiger partial charge is 0.0661 e. The number of hydrogen-bond acceptors (Lipinski definition) is 0. The van der Waals surface area contributed by atoms with Crippen LogP contribution in [0.4, 0.5) is 0 Å². The number of hydrogen-bond donors (Lipinski definition) is 0. The van der Waals surface area contributed by atoms with Crippen molar-refractivity contribution < 1.29 is 0 Å². The molecule has 2 aromatic carbocycles. The van der Waals surface area contributed by atoms with Gasteiger partial charge >= 0.3 is 0 Å². The summed E-state index contributed by atoms with van der Waals surface area (Å²) in [5.74, 6) is 0. The molecule has 19 heavy (non-hydrogen) atoms. The maximum atomic E-state index is 6.33. The first-order valence-electron chi connectivity index (χ1n) is 5.76. The van der Waals surface area contributed by atoms with Gasteiger partial charge in [0.15, 0.2) is 0 Å². The molecule has 0 aliphatic rings. The van der Waals surface area contributed by atoms with Crippen LogP contribution >= 0.6 is 59.4 Å². The molecule has 1 unspecified atom stereocenters. The van der Waals surface area contributed by atoms with Crippen LogP contribution in [0, 0.1) is 13.8 Å². The molecule has 0 saturated heterocycles. The minimum Gasteiger partial charge on any atom is -0.0839 e. The summed E-state index contributed by atoms with van der Waals surface area (Å²) in [5, 5.41) is 0.760. The third-order valence-corrected chi connectivity index (χ3v) is 5.72. The van der Waals surface area contributed by atoms with E-state index in [1.807, 2.05) is 18.2 Å². The van der Waals surface area contributed by atoms with Gasteiger partial charge in [0.25, 0.3) is 0 Å². The van der Waals surface area contributed by atoms with E-state index < -0.39 is 0 Å². The van der Waals surface area contributed by atoms with Crippen LogP contribution in [0.3, 0.4) is 0 Å². The predicted molar refractivity (Wildman–Crippen MR) is 93.5 cm³/mol. The summed E-state index contributed by atoms with van der Waals surface area (Å²) in [5.41, 5.74) is 4.77. The van der Waals surface area contributed by atoms with E-state index in [4.69, 9.17) is 11.6 Å². The second kappa shape index (κ2) is 6.30. The van der Waals surface area contributed by atoms with Gasteiger partial charge in [-0.1, -0.05) is 71.5 Å². The molecule has 0 bridgehead atoms. The van der Waals surface area contributed by atoms with Crippen LogP contribution in [-0.2, 0) is 0 Å². The Morgan fingerprint density at radius 1 is 0.947 bits per heavy atom. The average molecular weight is 467 g/mol. The molecular weight excluding hydrogens is 455 g/mol. The number of aryl methyl sites for hydroxylation is 2. The van der Waals surface area contributed by atoms with Gasteiger partial charge in [-0.2, -0.15) is 0 Å². The third-order valence-electron chi connectivity index (χ3n) is 3.06. The predicted octanol–water partition coefficient (Wildman–Crippen LogP) is 6.97. The van der Waals surface area contributed by atoms with Crippen LogP contribution in [-0.4, -0.2) is 0 Å². The Morgan fingerprint density at radius 2 is 1.63 bits per heavy atom. The van der Waals surface area contributed by atoms with Crippen LogP contribution in [0.5, 0.6) is 0 Å². The van der Waals surface area contributed by atoms with E-state index in [9.17, 15) is 0 Å². The summed E-state index contributed by atoms with van der Waals surface area (Å²) in [6.45, 7) is 4.20. The fraction of sp³-hybridized carbons (Fsp3) is 0.200. The Balaban J connectivity index is 2.49. The Morgan fingerprint density at radius 3 is 2.26 bits per heavy atom. The Kier molecular flexibility index (Phi) is 5.15. The summed E-state index contributed by atoms with van der Waals surface area (Å²) >= 11 is 17.1. The van der Waals surface area contributed by atoms with E-state index in [0.29, 0.717) is 0 Å². The molecule has 100 valence electrons. The molecule has 0 amide bonds. The van der Waals surface area contributed by atoms with E-state index >= 15 is 0 Å². The van der Waals surface area contributed by atoms with Gasteiger partial charge in [0.1, 0.15) is 0 Å². The molecule has 0 aliphatic carbocycles.